The molecule has 1 aromatic carbocycles. The molecule has 2 fully saturated rings. The molecule has 114 valence electrons. The first-order valence-corrected chi connectivity index (χ1v) is 8.31. The van der Waals surface area contributed by atoms with E-state index in [1.54, 1.807) is 0 Å². The van der Waals surface area contributed by atoms with E-state index in [-0.39, 0.29) is 5.41 Å². The summed E-state index contributed by atoms with van der Waals surface area (Å²) in [5.74, 6) is 0.363. The largest absolute Gasteiger partial charge is 0.339 e. The number of hydrogen-bond acceptors (Lipinski definition) is 2. The third-order valence-corrected chi connectivity index (χ3v) is 5.10. The number of rotatable bonds is 2. The van der Waals surface area contributed by atoms with E-state index in [9.17, 15) is 4.79 Å². The highest BCUT2D eigenvalue weighted by molar-refractivity contribution is 5.88. The predicted octanol–water partition coefficient (Wildman–Crippen LogP) is 2.71. The minimum Gasteiger partial charge on any atom is -0.339 e. The smallest absolute Gasteiger partial charge is 0.233 e. The van der Waals surface area contributed by atoms with Gasteiger partial charge in [-0.2, -0.15) is 0 Å². The van der Waals surface area contributed by atoms with Gasteiger partial charge in [-0.15, -0.1) is 0 Å². The Morgan fingerprint density at radius 3 is 2.57 bits per heavy atom. The van der Waals surface area contributed by atoms with Gasteiger partial charge in [-0.3, -0.25) is 4.79 Å². The molecule has 2 aliphatic rings. The molecule has 0 spiro atoms. The molecule has 21 heavy (non-hydrogen) atoms. The van der Waals surface area contributed by atoms with Crippen LogP contribution in [0.5, 0.6) is 0 Å². The van der Waals surface area contributed by atoms with E-state index in [1.165, 1.54) is 24.8 Å². The Hall–Kier alpha value is -1.35. The number of nitrogens with zero attached hydrogens (tertiary/aromatic N) is 1. The van der Waals surface area contributed by atoms with Gasteiger partial charge in [0.05, 0.1) is 5.41 Å². The zero-order chi connectivity index (χ0) is 14.7. The molecule has 1 saturated carbocycles. The molecule has 3 nitrogen and oxygen atoms in total. The van der Waals surface area contributed by atoms with E-state index in [1.807, 2.05) is 6.07 Å². The Labute approximate surface area is 127 Å². The maximum atomic E-state index is 13.3. The maximum Gasteiger partial charge on any atom is 0.233 e. The lowest BCUT2D eigenvalue weighted by Crippen LogP contribution is -2.56. The van der Waals surface area contributed by atoms with Gasteiger partial charge in [0.25, 0.3) is 0 Å². The average molecular weight is 286 g/mol. The molecule has 0 aromatic heterocycles. The predicted molar refractivity (Wildman–Crippen MR) is 85.2 cm³/mol. The number of piperazine rings is 1. The third kappa shape index (κ3) is 2.84. The van der Waals surface area contributed by atoms with Crippen LogP contribution in [-0.2, 0) is 10.2 Å². The van der Waals surface area contributed by atoms with E-state index in [0.29, 0.717) is 11.9 Å². The lowest BCUT2D eigenvalue weighted by molar-refractivity contribution is -0.140. The van der Waals surface area contributed by atoms with E-state index in [2.05, 4.69) is 41.4 Å². The van der Waals surface area contributed by atoms with E-state index in [0.717, 1.165) is 32.5 Å². The van der Waals surface area contributed by atoms with Crippen LogP contribution in [0.1, 0.15) is 44.6 Å². The van der Waals surface area contributed by atoms with Gasteiger partial charge in [0.15, 0.2) is 0 Å². The van der Waals surface area contributed by atoms with E-state index < -0.39 is 0 Å². The summed E-state index contributed by atoms with van der Waals surface area (Å²) in [5, 5.41) is 3.43. The van der Waals surface area contributed by atoms with Gasteiger partial charge in [0.2, 0.25) is 5.91 Å². The molecule has 1 unspecified atom stereocenters. The van der Waals surface area contributed by atoms with Gasteiger partial charge in [-0.25, -0.2) is 0 Å². The van der Waals surface area contributed by atoms with Crippen LogP contribution >= 0.6 is 0 Å². The normalized spacial score (nSPS) is 25.6. The first kappa shape index (κ1) is 14.6. The van der Waals surface area contributed by atoms with Crippen molar-refractivity contribution in [2.45, 2.75) is 50.5 Å². The van der Waals surface area contributed by atoms with Crippen LogP contribution in [0.25, 0.3) is 0 Å². The third-order valence-electron chi connectivity index (χ3n) is 5.10. The number of carbonyl (C=O) groups is 1. The lowest BCUT2D eigenvalue weighted by Gasteiger charge is -2.42. The second kappa shape index (κ2) is 6.18. The standard InChI is InChI=1S/C18H26N2O/c1-15-14-20(13-12-19-15)17(21)18(10-6-3-7-11-18)16-8-4-2-5-9-16/h2,4-5,8-9,15,19H,3,6-7,10-14H2,1H3. The Bertz CT molecular complexity index is 479. The Balaban J connectivity index is 1.90. The highest BCUT2D eigenvalue weighted by Gasteiger charge is 2.43. The SMILES string of the molecule is CC1CN(C(=O)C2(c3ccccc3)CCCCC2)CCN1. The summed E-state index contributed by atoms with van der Waals surface area (Å²) in [6, 6.07) is 10.9. The average Bonchev–Trinajstić information content (AvgIpc) is 2.55. The first-order valence-electron chi connectivity index (χ1n) is 8.31. The van der Waals surface area contributed by atoms with Gasteiger partial charge in [0.1, 0.15) is 0 Å². The minimum atomic E-state index is -0.267. The molecule has 1 saturated heterocycles. The van der Waals surface area contributed by atoms with Crippen molar-refractivity contribution in [3.05, 3.63) is 35.9 Å². The molecule has 0 bridgehead atoms. The number of benzene rings is 1. The van der Waals surface area contributed by atoms with Crippen molar-refractivity contribution in [3.63, 3.8) is 0 Å². The summed E-state index contributed by atoms with van der Waals surface area (Å²) in [4.78, 5) is 15.4. The first-order chi connectivity index (χ1) is 10.2. The summed E-state index contributed by atoms with van der Waals surface area (Å²) >= 11 is 0. The molecule has 3 heteroatoms. The van der Waals surface area contributed by atoms with Crippen molar-refractivity contribution in [2.24, 2.45) is 0 Å². The van der Waals surface area contributed by atoms with Crippen LogP contribution in [-0.4, -0.2) is 36.5 Å². The highest BCUT2D eigenvalue weighted by Crippen LogP contribution is 2.41. The second-order valence-electron chi connectivity index (χ2n) is 6.62. The number of nitrogens with one attached hydrogen (secondary N) is 1. The fraction of sp³-hybridized carbons (Fsp3) is 0.611. The number of amides is 1. The minimum absolute atomic E-state index is 0.267. The summed E-state index contributed by atoms with van der Waals surface area (Å²) in [6.07, 6.45) is 5.62. The van der Waals surface area contributed by atoms with E-state index in [4.69, 9.17) is 0 Å². The van der Waals surface area contributed by atoms with Crippen molar-refractivity contribution >= 4 is 5.91 Å². The molecular formula is C18H26N2O. The second-order valence-corrected chi connectivity index (χ2v) is 6.62. The molecular weight excluding hydrogens is 260 g/mol. The highest BCUT2D eigenvalue weighted by atomic mass is 16.2. The van der Waals surface area contributed by atoms with Crippen LogP contribution in [0.2, 0.25) is 0 Å². The van der Waals surface area contributed by atoms with Crippen LogP contribution in [0.4, 0.5) is 0 Å². The zero-order valence-corrected chi connectivity index (χ0v) is 13.0. The van der Waals surface area contributed by atoms with Crippen molar-refractivity contribution in [2.75, 3.05) is 19.6 Å². The van der Waals surface area contributed by atoms with Crippen molar-refractivity contribution in [1.29, 1.82) is 0 Å². The molecule has 1 atom stereocenters. The molecule has 3 rings (SSSR count). The van der Waals surface area contributed by atoms with Crippen LogP contribution in [0.15, 0.2) is 30.3 Å². The Kier molecular flexibility index (Phi) is 4.29. The van der Waals surface area contributed by atoms with Gasteiger partial charge < -0.3 is 10.2 Å². The van der Waals surface area contributed by atoms with Gasteiger partial charge in [-0.05, 0) is 25.3 Å². The van der Waals surface area contributed by atoms with Crippen LogP contribution in [0.3, 0.4) is 0 Å². The Morgan fingerprint density at radius 2 is 1.90 bits per heavy atom. The van der Waals surface area contributed by atoms with Gasteiger partial charge >= 0.3 is 0 Å². The topological polar surface area (TPSA) is 32.3 Å². The summed E-state index contributed by atoms with van der Waals surface area (Å²) < 4.78 is 0. The zero-order valence-electron chi connectivity index (χ0n) is 13.0. The molecule has 1 aromatic rings. The summed E-state index contributed by atoms with van der Waals surface area (Å²) in [6.45, 7) is 4.76. The fourth-order valence-electron chi connectivity index (χ4n) is 3.96. The Morgan fingerprint density at radius 1 is 1.19 bits per heavy atom. The van der Waals surface area contributed by atoms with Crippen LogP contribution in [0, 0.1) is 0 Å². The van der Waals surface area contributed by atoms with Crippen LogP contribution < -0.4 is 5.32 Å². The summed E-state index contributed by atoms with van der Waals surface area (Å²) in [5.41, 5.74) is 0.956. The quantitative estimate of drug-likeness (QED) is 0.906. The monoisotopic (exact) mass is 286 g/mol. The maximum absolute atomic E-state index is 13.3. The molecule has 1 N–H and O–H groups in total. The molecule has 1 aliphatic heterocycles. The van der Waals surface area contributed by atoms with Crippen molar-refractivity contribution in [3.8, 4) is 0 Å². The molecule has 0 radical (unpaired) electrons. The van der Waals surface area contributed by atoms with Crippen molar-refractivity contribution in [1.82, 2.24) is 10.2 Å². The summed E-state index contributed by atoms with van der Waals surface area (Å²) in [7, 11) is 0. The van der Waals surface area contributed by atoms with E-state index >= 15 is 0 Å². The fourth-order valence-corrected chi connectivity index (χ4v) is 3.96. The molecule has 1 aliphatic carbocycles. The number of hydrogen-bond donors (Lipinski definition) is 1. The molecule has 1 heterocycles. The van der Waals surface area contributed by atoms with Gasteiger partial charge in [-0.1, -0.05) is 49.6 Å². The molecule has 1 amide bonds. The van der Waals surface area contributed by atoms with Crippen molar-refractivity contribution < 1.29 is 4.79 Å². The lowest BCUT2D eigenvalue weighted by atomic mass is 9.68. The van der Waals surface area contributed by atoms with Gasteiger partial charge in [0, 0.05) is 25.7 Å². The number of carbonyl (C=O) groups excluding carboxylic acids is 1.